The third-order valence-corrected chi connectivity index (χ3v) is 6.64. The standard InChI is InChI=1S/C25H32ClN3O2/c1-25(2,30)13-14-29-23(17-7-5-4-6-8-17)20-15-18(26)9-11-21(20)28-24(29)22-12-10-19(31-3)16-27-22/h9-12,15-17,23,30H,4-8,13-14H2,1-3H3. The molecule has 0 spiro atoms. The van der Waals surface area contributed by atoms with Crippen molar-refractivity contribution in [2.75, 3.05) is 13.7 Å². The van der Waals surface area contributed by atoms with E-state index >= 15 is 0 Å². The molecule has 2 heterocycles. The monoisotopic (exact) mass is 441 g/mol. The molecule has 4 rings (SSSR count). The first-order valence-corrected chi connectivity index (χ1v) is 11.6. The lowest BCUT2D eigenvalue weighted by Crippen LogP contribution is -2.44. The minimum Gasteiger partial charge on any atom is -0.495 e. The van der Waals surface area contributed by atoms with Crippen molar-refractivity contribution in [3.05, 3.63) is 52.8 Å². The third-order valence-electron chi connectivity index (χ3n) is 6.40. The van der Waals surface area contributed by atoms with Crippen molar-refractivity contribution in [1.29, 1.82) is 0 Å². The van der Waals surface area contributed by atoms with Gasteiger partial charge in [0.25, 0.3) is 0 Å². The molecule has 1 atom stereocenters. The van der Waals surface area contributed by atoms with Gasteiger partial charge in [-0.25, -0.2) is 9.98 Å². The van der Waals surface area contributed by atoms with Gasteiger partial charge in [-0.2, -0.15) is 0 Å². The van der Waals surface area contributed by atoms with Gasteiger partial charge in [0.1, 0.15) is 11.4 Å². The van der Waals surface area contributed by atoms with Crippen LogP contribution in [-0.2, 0) is 0 Å². The van der Waals surface area contributed by atoms with Crippen molar-refractivity contribution in [2.45, 2.75) is 64.0 Å². The first-order chi connectivity index (χ1) is 14.9. The van der Waals surface area contributed by atoms with Gasteiger partial charge in [-0.05, 0) is 69.4 Å². The predicted octanol–water partition coefficient (Wildman–Crippen LogP) is 5.92. The molecule has 0 amide bonds. The number of ether oxygens (including phenoxy) is 1. The van der Waals surface area contributed by atoms with Crippen molar-refractivity contribution < 1.29 is 9.84 Å². The molecule has 31 heavy (non-hydrogen) atoms. The molecule has 1 aromatic carbocycles. The van der Waals surface area contributed by atoms with Crippen LogP contribution in [0.4, 0.5) is 5.69 Å². The van der Waals surface area contributed by atoms with Crippen LogP contribution < -0.4 is 4.74 Å². The lowest BCUT2D eigenvalue weighted by molar-refractivity contribution is 0.0560. The van der Waals surface area contributed by atoms with Crippen molar-refractivity contribution in [2.24, 2.45) is 10.9 Å². The Balaban J connectivity index is 1.81. The number of fused-ring (bicyclic) bond motifs is 1. The van der Waals surface area contributed by atoms with E-state index in [-0.39, 0.29) is 6.04 Å². The predicted molar refractivity (Wildman–Crippen MR) is 125 cm³/mol. The molecular weight excluding hydrogens is 410 g/mol. The maximum Gasteiger partial charge on any atom is 0.155 e. The average molecular weight is 442 g/mol. The summed E-state index contributed by atoms with van der Waals surface area (Å²) in [7, 11) is 1.64. The van der Waals surface area contributed by atoms with E-state index in [9.17, 15) is 5.11 Å². The second-order valence-electron chi connectivity index (χ2n) is 9.32. The fourth-order valence-corrected chi connectivity index (χ4v) is 4.96. The fourth-order valence-electron chi connectivity index (χ4n) is 4.78. The van der Waals surface area contributed by atoms with Gasteiger partial charge < -0.3 is 14.7 Å². The number of amidine groups is 1. The van der Waals surface area contributed by atoms with Crippen LogP contribution >= 0.6 is 11.6 Å². The van der Waals surface area contributed by atoms with Crippen LogP contribution in [0, 0.1) is 5.92 Å². The molecule has 1 unspecified atom stereocenters. The summed E-state index contributed by atoms with van der Waals surface area (Å²) in [4.78, 5) is 12.1. The van der Waals surface area contributed by atoms with E-state index in [1.807, 2.05) is 38.1 Å². The smallest absolute Gasteiger partial charge is 0.155 e. The Morgan fingerprint density at radius 1 is 1.16 bits per heavy atom. The van der Waals surface area contributed by atoms with Crippen LogP contribution in [-0.4, -0.2) is 40.1 Å². The summed E-state index contributed by atoms with van der Waals surface area (Å²) in [5.41, 5.74) is 2.21. The van der Waals surface area contributed by atoms with Crippen molar-refractivity contribution in [3.63, 3.8) is 0 Å². The normalized spacial score (nSPS) is 19.7. The molecule has 166 valence electrons. The SMILES string of the molecule is COc1ccc(C2=Nc3ccc(Cl)cc3C(C3CCCCC3)N2CCC(C)(C)O)nc1. The van der Waals surface area contributed by atoms with E-state index in [2.05, 4.69) is 16.0 Å². The van der Waals surface area contributed by atoms with Crippen molar-refractivity contribution in [1.82, 2.24) is 9.88 Å². The lowest BCUT2D eigenvalue weighted by atomic mass is 9.79. The number of rotatable bonds is 6. The molecule has 2 aliphatic rings. The summed E-state index contributed by atoms with van der Waals surface area (Å²) in [6.45, 7) is 4.42. The summed E-state index contributed by atoms with van der Waals surface area (Å²) in [6, 6.07) is 10.1. The minimum absolute atomic E-state index is 0.174. The number of hydrogen-bond donors (Lipinski definition) is 1. The number of halogens is 1. The molecule has 0 bridgehead atoms. The number of hydrogen-bond acceptors (Lipinski definition) is 5. The van der Waals surface area contributed by atoms with Gasteiger partial charge in [0.15, 0.2) is 5.84 Å². The Morgan fingerprint density at radius 2 is 1.94 bits per heavy atom. The van der Waals surface area contributed by atoms with Gasteiger partial charge in [0.05, 0.1) is 30.6 Å². The number of benzene rings is 1. The van der Waals surface area contributed by atoms with Crippen molar-refractivity contribution >= 4 is 23.1 Å². The molecule has 1 N–H and O–H groups in total. The highest BCUT2D eigenvalue weighted by Crippen LogP contribution is 2.46. The highest BCUT2D eigenvalue weighted by molar-refractivity contribution is 6.30. The Kier molecular flexibility index (Phi) is 6.54. The summed E-state index contributed by atoms with van der Waals surface area (Å²) < 4.78 is 5.30. The van der Waals surface area contributed by atoms with E-state index in [0.717, 1.165) is 28.0 Å². The zero-order valence-electron chi connectivity index (χ0n) is 18.6. The Morgan fingerprint density at radius 3 is 2.58 bits per heavy atom. The van der Waals surface area contributed by atoms with Crippen LogP contribution in [0.15, 0.2) is 41.5 Å². The molecule has 5 nitrogen and oxygen atoms in total. The molecule has 0 radical (unpaired) electrons. The average Bonchev–Trinajstić information content (AvgIpc) is 2.77. The molecule has 1 aliphatic heterocycles. The zero-order valence-corrected chi connectivity index (χ0v) is 19.4. The van der Waals surface area contributed by atoms with Gasteiger partial charge in [-0.3, -0.25) is 0 Å². The van der Waals surface area contributed by atoms with E-state index in [0.29, 0.717) is 18.9 Å². The molecular formula is C25H32ClN3O2. The molecule has 0 saturated heterocycles. The first kappa shape index (κ1) is 22.1. The number of nitrogens with zero attached hydrogens (tertiary/aromatic N) is 3. The second-order valence-corrected chi connectivity index (χ2v) is 9.76. The molecule has 1 aliphatic carbocycles. The topological polar surface area (TPSA) is 58.0 Å². The van der Waals surface area contributed by atoms with E-state index in [1.54, 1.807) is 13.3 Å². The molecule has 1 fully saturated rings. The van der Waals surface area contributed by atoms with Crippen LogP contribution in [0.3, 0.4) is 0 Å². The van der Waals surface area contributed by atoms with E-state index < -0.39 is 5.60 Å². The van der Waals surface area contributed by atoms with Gasteiger partial charge in [0, 0.05) is 17.1 Å². The number of aromatic nitrogens is 1. The van der Waals surface area contributed by atoms with Gasteiger partial charge >= 0.3 is 0 Å². The van der Waals surface area contributed by atoms with Crippen molar-refractivity contribution in [3.8, 4) is 5.75 Å². The minimum atomic E-state index is -0.760. The van der Waals surface area contributed by atoms with Crippen LogP contribution in [0.2, 0.25) is 5.02 Å². The zero-order chi connectivity index (χ0) is 22.0. The molecule has 2 aromatic rings. The Hall–Kier alpha value is -2.11. The fraction of sp³-hybridized carbons (Fsp3) is 0.520. The van der Waals surface area contributed by atoms with Crippen LogP contribution in [0.1, 0.15) is 69.7 Å². The summed E-state index contributed by atoms with van der Waals surface area (Å²) >= 11 is 6.43. The summed E-state index contributed by atoms with van der Waals surface area (Å²) in [6.07, 6.45) is 8.57. The number of methoxy groups -OCH3 is 1. The van der Waals surface area contributed by atoms with Crippen LogP contribution in [0.25, 0.3) is 0 Å². The second kappa shape index (κ2) is 9.17. The number of aliphatic imine (C=N–C) groups is 1. The number of pyridine rings is 1. The third kappa shape index (κ3) is 5.04. The summed E-state index contributed by atoms with van der Waals surface area (Å²) in [5.74, 6) is 2.10. The summed E-state index contributed by atoms with van der Waals surface area (Å²) in [5, 5.41) is 11.2. The van der Waals surface area contributed by atoms with Crippen LogP contribution in [0.5, 0.6) is 5.75 Å². The molecule has 6 heteroatoms. The Labute approximate surface area is 190 Å². The van der Waals surface area contributed by atoms with E-state index in [4.69, 9.17) is 21.3 Å². The highest BCUT2D eigenvalue weighted by atomic mass is 35.5. The van der Waals surface area contributed by atoms with Gasteiger partial charge in [-0.15, -0.1) is 0 Å². The quantitative estimate of drug-likeness (QED) is 0.604. The lowest BCUT2D eigenvalue weighted by Gasteiger charge is -2.44. The van der Waals surface area contributed by atoms with Gasteiger partial charge in [-0.1, -0.05) is 30.9 Å². The Bertz CT molecular complexity index is 931. The van der Waals surface area contributed by atoms with E-state index in [1.165, 1.54) is 37.7 Å². The molecule has 1 saturated carbocycles. The largest absolute Gasteiger partial charge is 0.495 e. The first-order valence-electron chi connectivity index (χ1n) is 11.2. The van der Waals surface area contributed by atoms with Gasteiger partial charge in [0.2, 0.25) is 0 Å². The molecule has 1 aromatic heterocycles. The number of aliphatic hydroxyl groups is 1. The maximum atomic E-state index is 10.5. The highest BCUT2D eigenvalue weighted by Gasteiger charge is 2.37. The maximum absolute atomic E-state index is 10.5.